The average Bonchev–Trinajstić information content (AvgIpc) is 3.22. The van der Waals surface area contributed by atoms with Gasteiger partial charge in [-0.05, 0) is 18.8 Å². The number of unbranched alkanes of at least 4 members (excludes halogenated alkanes) is 29. The molecule has 1 heterocycles. The van der Waals surface area contributed by atoms with Crippen molar-refractivity contribution in [2.24, 2.45) is 5.92 Å². The molecule has 352 valence electrons. The van der Waals surface area contributed by atoms with Crippen LogP contribution in [0.15, 0.2) is 0 Å². The molecule has 1 rings (SSSR count). The molecular formula is C49H97NO9. The second-order valence-electron chi connectivity index (χ2n) is 18.6. The summed E-state index contributed by atoms with van der Waals surface area (Å²) in [4.78, 5) is 13.0. The first kappa shape index (κ1) is 56.2. The first-order chi connectivity index (χ1) is 28.6. The third-order valence-corrected chi connectivity index (χ3v) is 12.5. The van der Waals surface area contributed by atoms with Crippen LogP contribution in [0.25, 0.3) is 0 Å². The van der Waals surface area contributed by atoms with Crippen LogP contribution in [0, 0.1) is 5.92 Å². The van der Waals surface area contributed by atoms with Crippen LogP contribution in [0.4, 0.5) is 0 Å². The molecule has 0 spiro atoms. The standard InChI is InChI=1S/C49H97NO9/c1-4-5-6-7-8-9-10-11-12-13-14-15-16-17-18-19-20-21-22-23-28-31-34-37-44(53)50-41(39-58-49-48(57)47(56)46(55)43(38-51)59-49)45(54)42(52)36-33-30-27-25-24-26-29-32-35-40(2)3/h40-43,45-49,51-52,54-57H,4-39H2,1-3H3,(H,50,53)/t41-,42+,43+,45-,46+,47-,48+,49+/m0/s1. The first-order valence-electron chi connectivity index (χ1n) is 25.2. The highest BCUT2D eigenvalue weighted by Gasteiger charge is 2.44. The molecule has 1 fully saturated rings. The van der Waals surface area contributed by atoms with E-state index in [9.17, 15) is 35.4 Å². The maximum Gasteiger partial charge on any atom is 0.220 e. The molecule has 0 radical (unpaired) electrons. The van der Waals surface area contributed by atoms with Crippen LogP contribution in [0.3, 0.4) is 0 Å². The van der Waals surface area contributed by atoms with Gasteiger partial charge in [-0.1, -0.05) is 220 Å². The van der Waals surface area contributed by atoms with E-state index in [0.717, 1.165) is 50.9 Å². The molecule has 0 aliphatic carbocycles. The van der Waals surface area contributed by atoms with Crippen molar-refractivity contribution in [3.63, 3.8) is 0 Å². The zero-order valence-electron chi connectivity index (χ0n) is 38.6. The number of carbonyl (C=O) groups is 1. The van der Waals surface area contributed by atoms with E-state index >= 15 is 0 Å². The number of aliphatic hydroxyl groups is 6. The summed E-state index contributed by atoms with van der Waals surface area (Å²) < 4.78 is 11.2. The van der Waals surface area contributed by atoms with Crippen molar-refractivity contribution in [1.29, 1.82) is 0 Å². The van der Waals surface area contributed by atoms with Crippen molar-refractivity contribution in [2.75, 3.05) is 13.2 Å². The Kier molecular flexibility index (Phi) is 36.9. The normalized spacial score (nSPS) is 21.2. The molecule has 0 saturated carbocycles. The predicted molar refractivity (Wildman–Crippen MR) is 241 cm³/mol. The summed E-state index contributed by atoms with van der Waals surface area (Å²) in [5, 5.41) is 65.2. The maximum atomic E-state index is 13.0. The smallest absolute Gasteiger partial charge is 0.220 e. The van der Waals surface area contributed by atoms with Crippen molar-refractivity contribution in [1.82, 2.24) is 5.32 Å². The minimum Gasteiger partial charge on any atom is -0.394 e. The molecule has 10 heteroatoms. The van der Waals surface area contributed by atoms with Gasteiger partial charge in [-0.3, -0.25) is 4.79 Å². The number of hydrogen-bond donors (Lipinski definition) is 7. The van der Waals surface area contributed by atoms with Gasteiger partial charge < -0.3 is 45.4 Å². The largest absolute Gasteiger partial charge is 0.394 e. The number of rotatable bonds is 42. The molecule has 8 atom stereocenters. The zero-order chi connectivity index (χ0) is 43.4. The van der Waals surface area contributed by atoms with Crippen LogP contribution in [-0.4, -0.2) is 98.7 Å². The first-order valence-corrected chi connectivity index (χ1v) is 25.2. The molecule has 1 aliphatic heterocycles. The van der Waals surface area contributed by atoms with E-state index in [-0.39, 0.29) is 18.9 Å². The fraction of sp³-hybridized carbons (Fsp3) is 0.980. The van der Waals surface area contributed by atoms with Gasteiger partial charge in [0.05, 0.1) is 25.4 Å². The van der Waals surface area contributed by atoms with E-state index in [1.807, 2.05) is 0 Å². The summed E-state index contributed by atoms with van der Waals surface area (Å²) in [6, 6.07) is -0.986. The predicted octanol–water partition coefficient (Wildman–Crippen LogP) is 9.95. The fourth-order valence-corrected chi connectivity index (χ4v) is 8.38. The Morgan fingerprint density at radius 2 is 0.949 bits per heavy atom. The highest BCUT2D eigenvalue weighted by molar-refractivity contribution is 5.76. The van der Waals surface area contributed by atoms with Gasteiger partial charge in [0.25, 0.3) is 0 Å². The van der Waals surface area contributed by atoms with Gasteiger partial charge in [-0.2, -0.15) is 0 Å². The van der Waals surface area contributed by atoms with Crippen molar-refractivity contribution >= 4 is 5.91 Å². The Balaban J connectivity index is 2.27. The maximum absolute atomic E-state index is 13.0. The van der Waals surface area contributed by atoms with Crippen LogP contribution in [0.1, 0.15) is 239 Å². The third-order valence-electron chi connectivity index (χ3n) is 12.5. The molecular weight excluding hydrogens is 747 g/mol. The Labute approximate surface area is 362 Å². The zero-order valence-corrected chi connectivity index (χ0v) is 38.6. The van der Waals surface area contributed by atoms with Gasteiger partial charge in [-0.25, -0.2) is 0 Å². The molecule has 1 saturated heterocycles. The van der Waals surface area contributed by atoms with Crippen LogP contribution in [0.5, 0.6) is 0 Å². The molecule has 0 bridgehead atoms. The minimum atomic E-state index is -1.60. The average molecular weight is 844 g/mol. The summed E-state index contributed by atoms with van der Waals surface area (Å²) in [6.07, 6.45) is 31.4. The molecule has 0 unspecified atom stereocenters. The van der Waals surface area contributed by atoms with Gasteiger partial charge in [0.1, 0.15) is 30.5 Å². The second kappa shape index (κ2) is 38.8. The van der Waals surface area contributed by atoms with Crippen LogP contribution in [-0.2, 0) is 14.3 Å². The lowest BCUT2D eigenvalue weighted by molar-refractivity contribution is -0.303. The summed E-state index contributed by atoms with van der Waals surface area (Å²) in [6.45, 7) is 5.91. The van der Waals surface area contributed by atoms with Crippen molar-refractivity contribution in [3.05, 3.63) is 0 Å². The van der Waals surface area contributed by atoms with Crippen LogP contribution < -0.4 is 5.32 Å². The van der Waals surface area contributed by atoms with E-state index in [4.69, 9.17) is 9.47 Å². The highest BCUT2D eigenvalue weighted by atomic mass is 16.7. The number of hydrogen-bond acceptors (Lipinski definition) is 9. The molecule has 59 heavy (non-hydrogen) atoms. The molecule has 10 nitrogen and oxygen atoms in total. The fourth-order valence-electron chi connectivity index (χ4n) is 8.38. The van der Waals surface area contributed by atoms with E-state index < -0.39 is 55.6 Å². The summed E-state index contributed by atoms with van der Waals surface area (Å²) in [5.41, 5.74) is 0. The van der Waals surface area contributed by atoms with E-state index in [0.29, 0.717) is 6.42 Å². The Morgan fingerprint density at radius 1 is 0.559 bits per heavy atom. The van der Waals surface area contributed by atoms with Crippen molar-refractivity contribution in [3.8, 4) is 0 Å². The Morgan fingerprint density at radius 3 is 1.36 bits per heavy atom. The monoisotopic (exact) mass is 844 g/mol. The van der Waals surface area contributed by atoms with E-state index in [1.54, 1.807) is 0 Å². The molecule has 7 N–H and O–H groups in total. The Hall–Kier alpha value is -0.850. The molecule has 1 aliphatic rings. The molecule has 1 amide bonds. The van der Waals surface area contributed by atoms with E-state index in [1.165, 1.54) is 161 Å². The van der Waals surface area contributed by atoms with Gasteiger partial charge in [0, 0.05) is 6.42 Å². The lowest BCUT2D eigenvalue weighted by Gasteiger charge is -2.40. The van der Waals surface area contributed by atoms with Gasteiger partial charge in [-0.15, -0.1) is 0 Å². The number of carbonyl (C=O) groups excluding carboxylic acids is 1. The molecule has 0 aromatic carbocycles. The summed E-state index contributed by atoms with van der Waals surface area (Å²) >= 11 is 0. The minimum absolute atomic E-state index is 0.254. The Bertz CT molecular complexity index is 924. The van der Waals surface area contributed by atoms with Crippen LogP contribution >= 0.6 is 0 Å². The lowest BCUT2D eigenvalue weighted by Crippen LogP contribution is -2.60. The number of amides is 1. The SMILES string of the molecule is CCCCCCCCCCCCCCCCCCCCCCCCCC(=O)N[C@@H](CO[C@@H]1O[C@H](CO)[C@@H](O)[C@H](O)[C@H]1O)[C@H](O)[C@H](O)CCCCCCCCCCC(C)C. The van der Waals surface area contributed by atoms with E-state index in [2.05, 4.69) is 26.1 Å². The van der Waals surface area contributed by atoms with Gasteiger partial charge >= 0.3 is 0 Å². The second-order valence-corrected chi connectivity index (χ2v) is 18.6. The topological polar surface area (TPSA) is 169 Å². The number of nitrogens with one attached hydrogen (secondary N) is 1. The highest BCUT2D eigenvalue weighted by Crippen LogP contribution is 2.23. The van der Waals surface area contributed by atoms with Crippen molar-refractivity contribution in [2.45, 2.75) is 288 Å². The number of ether oxygens (including phenoxy) is 2. The third kappa shape index (κ3) is 30.0. The van der Waals surface area contributed by atoms with Crippen LogP contribution in [0.2, 0.25) is 0 Å². The molecule has 0 aromatic heterocycles. The van der Waals surface area contributed by atoms with Gasteiger partial charge in [0.2, 0.25) is 5.91 Å². The quantitative estimate of drug-likeness (QED) is 0.0296. The van der Waals surface area contributed by atoms with Gasteiger partial charge in [0.15, 0.2) is 6.29 Å². The summed E-state index contributed by atoms with van der Waals surface area (Å²) in [5.74, 6) is 0.507. The lowest BCUT2D eigenvalue weighted by atomic mass is 9.98. The molecule has 0 aromatic rings. The number of aliphatic hydroxyl groups excluding tert-OH is 6. The van der Waals surface area contributed by atoms with Crippen molar-refractivity contribution < 1.29 is 44.9 Å². The summed E-state index contributed by atoms with van der Waals surface area (Å²) in [7, 11) is 0.